The molecule has 0 spiro atoms. The highest BCUT2D eigenvalue weighted by Gasteiger charge is 2.24. The van der Waals surface area contributed by atoms with Crippen LogP contribution in [0.2, 0.25) is 10.0 Å². The van der Waals surface area contributed by atoms with Crippen LogP contribution in [-0.2, 0) is 16.6 Å². The molecule has 0 saturated heterocycles. The van der Waals surface area contributed by atoms with Crippen LogP contribution >= 0.6 is 50.5 Å². The highest BCUT2D eigenvalue weighted by atomic mass is 79.9. The van der Waals surface area contributed by atoms with E-state index in [1.165, 1.54) is 22.7 Å². The first kappa shape index (κ1) is 16.3. The summed E-state index contributed by atoms with van der Waals surface area (Å²) in [5, 5.41) is 2.58. The van der Waals surface area contributed by atoms with Crippen LogP contribution in [0, 0.1) is 0 Å². The van der Waals surface area contributed by atoms with Gasteiger partial charge in [0.25, 0.3) is 10.0 Å². The fraction of sp³-hybridized carbons (Fsp3) is 0.167. The van der Waals surface area contributed by atoms with Crippen molar-refractivity contribution in [3.8, 4) is 0 Å². The maximum absolute atomic E-state index is 12.4. The zero-order chi connectivity index (χ0) is 14.9. The summed E-state index contributed by atoms with van der Waals surface area (Å²) >= 11 is 16.2. The Labute approximate surface area is 140 Å². The van der Waals surface area contributed by atoms with E-state index in [0.717, 1.165) is 5.56 Å². The van der Waals surface area contributed by atoms with E-state index < -0.39 is 10.0 Å². The molecule has 0 aliphatic carbocycles. The molecule has 1 heterocycles. The minimum Gasteiger partial charge on any atom is -0.206 e. The van der Waals surface area contributed by atoms with Crippen molar-refractivity contribution >= 4 is 60.5 Å². The fourth-order valence-corrected chi connectivity index (χ4v) is 5.57. The predicted molar refractivity (Wildman–Crippen MR) is 87.1 cm³/mol. The Bertz CT molecular complexity index is 731. The normalized spacial score (nSPS) is 12.1. The first-order valence-electron chi connectivity index (χ1n) is 5.45. The molecule has 3 nitrogen and oxygen atoms in total. The average Bonchev–Trinajstić information content (AvgIpc) is 2.80. The number of nitrogens with zero attached hydrogens (tertiary/aromatic N) is 1. The van der Waals surface area contributed by atoms with Crippen LogP contribution in [0.15, 0.2) is 38.3 Å². The SMILES string of the molecule is CN(Cc1ccc(Cl)c(Cl)c1)S(=O)(=O)c1sccc1Br. The van der Waals surface area contributed by atoms with Gasteiger partial charge in [-0.15, -0.1) is 11.3 Å². The molecule has 0 bridgehead atoms. The number of rotatable bonds is 4. The van der Waals surface area contributed by atoms with Crippen LogP contribution in [-0.4, -0.2) is 19.8 Å². The monoisotopic (exact) mass is 413 g/mol. The van der Waals surface area contributed by atoms with Crippen molar-refractivity contribution in [2.75, 3.05) is 7.05 Å². The molecule has 2 rings (SSSR count). The number of halogens is 3. The lowest BCUT2D eigenvalue weighted by atomic mass is 10.2. The Kier molecular flexibility index (Phi) is 5.15. The van der Waals surface area contributed by atoms with Gasteiger partial charge in [-0.1, -0.05) is 29.3 Å². The number of sulfonamides is 1. The van der Waals surface area contributed by atoms with Gasteiger partial charge >= 0.3 is 0 Å². The summed E-state index contributed by atoms with van der Waals surface area (Å²) in [6, 6.07) is 6.79. The molecule has 0 unspecified atom stereocenters. The van der Waals surface area contributed by atoms with E-state index in [1.54, 1.807) is 29.6 Å². The van der Waals surface area contributed by atoms with Crippen molar-refractivity contribution in [1.82, 2.24) is 4.31 Å². The van der Waals surface area contributed by atoms with Gasteiger partial charge in [0.05, 0.1) is 10.0 Å². The van der Waals surface area contributed by atoms with Gasteiger partial charge in [-0.05, 0) is 45.1 Å². The van der Waals surface area contributed by atoms with Crippen molar-refractivity contribution in [3.05, 3.63) is 49.7 Å². The van der Waals surface area contributed by atoms with Crippen LogP contribution in [0.1, 0.15) is 5.56 Å². The summed E-state index contributed by atoms with van der Waals surface area (Å²) < 4.78 is 27.0. The Morgan fingerprint density at radius 1 is 1.25 bits per heavy atom. The molecular formula is C12H10BrCl2NO2S2. The summed E-state index contributed by atoms with van der Waals surface area (Å²) in [6.45, 7) is 0.226. The Morgan fingerprint density at radius 3 is 2.50 bits per heavy atom. The van der Waals surface area contributed by atoms with Crippen LogP contribution < -0.4 is 0 Å². The second-order valence-electron chi connectivity index (χ2n) is 4.07. The third kappa shape index (κ3) is 3.37. The van der Waals surface area contributed by atoms with Crippen LogP contribution in [0.3, 0.4) is 0 Å². The molecule has 1 aromatic heterocycles. The number of thiophene rings is 1. The Balaban J connectivity index is 2.25. The number of hydrogen-bond acceptors (Lipinski definition) is 3. The van der Waals surface area contributed by atoms with Crippen molar-refractivity contribution in [1.29, 1.82) is 0 Å². The molecular weight excluding hydrogens is 405 g/mol. The number of hydrogen-bond donors (Lipinski definition) is 0. The molecule has 0 fully saturated rings. The van der Waals surface area contributed by atoms with Gasteiger partial charge in [-0.25, -0.2) is 8.42 Å². The zero-order valence-corrected chi connectivity index (χ0v) is 15.0. The lowest BCUT2D eigenvalue weighted by Crippen LogP contribution is -2.26. The van der Waals surface area contributed by atoms with Crippen molar-refractivity contribution in [2.24, 2.45) is 0 Å². The van der Waals surface area contributed by atoms with Gasteiger partial charge in [0.2, 0.25) is 0 Å². The Morgan fingerprint density at radius 2 is 1.95 bits per heavy atom. The third-order valence-electron chi connectivity index (χ3n) is 2.62. The van der Waals surface area contributed by atoms with Gasteiger partial charge in [-0.2, -0.15) is 4.31 Å². The molecule has 1 aromatic carbocycles. The molecule has 20 heavy (non-hydrogen) atoms. The smallest absolute Gasteiger partial charge is 0.206 e. The summed E-state index contributed by atoms with van der Waals surface area (Å²) in [6.07, 6.45) is 0. The molecule has 0 N–H and O–H groups in total. The minimum absolute atomic E-state index is 0.226. The topological polar surface area (TPSA) is 37.4 Å². The third-order valence-corrected chi connectivity index (χ3v) is 7.81. The summed E-state index contributed by atoms with van der Waals surface area (Å²) in [4.78, 5) is 0. The van der Waals surface area contributed by atoms with Crippen molar-refractivity contribution in [3.63, 3.8) is 0 Å². The van der Waals surface area contributed by atoms with Crippen molar-refractivity contribution in [2.45, 2.75) is 10.8 Å². The van der Waals surface area contributed by atoms with E-state index >= 15 is 0 Å². The van der Waals surface area contributed by atoms with Gasteiger partial charge in [0.1, 0.15) is 4.21 Å². The first-order valence-corrected chi connectivity index (χ1v) is 9.32. The second kappa shape index (κ2) is 6.34. The highest BCUT2D eigenvalue weighted by molar-refractivity contribution is 9.10. The lowest BCUT2D eigenvalue weighted by molar-refractivity contribution is 0.468. The van der Waals surface area contributed by atoms with Crippen molar-refractivity contribution < 1.29 is 8.42 Å². The molecule has 2 aromatic rings. The van der Waals surface area contributed by atoms with E-state index in [9.17, 15) is 8.42 Å². The van der Waals surface area contributed by atoms with E-state index in [2.05, 4.69) is 15.9 Å². The van der Waals surface area contributed by atoms with E-state index in [1.807, 2.05) is 0 Å². The first-order chi connectivity index (χ1) is 9.32. The largest absolute Gasteiger partial charge is 0.253 e. The molecule has 0 saturated carbocycles. The minimum atomic E-state index is -3.52. The van der Waals surface area contributed by atoms with Crippen LogP contribution in [0.4, 0.5) is 0 Å². The van der Waals surface area contributed by atoms with Crippen LogP contribution in [0.5, 0.6) is 0 Å². The molecule has 0 amide bonds. The summed E-state index contributed by atoms with van der Waals surface area (Å²) in [5.74, 6) is 0. The number of benzene rings is 1. The maximum Gasteiger partial charge on any atom is 0.253 e. The second-order valence-corrected chi connectivity index (χ2v) is 8.89. The zero-order valence-electron chi connectivity index (χ0n) is 10.3. The van der Waals surface area contributed by atoms with E-state index in [-0.39, 0.29) is 6.54 Å². The summed E-state index contributed by atoms with van der Waals surface area (Å²) in [7, 11) is -1.99. The van der Waals surface area contributed by atoms with Gasteiger partial charge in [0, 0.05) is 18.1 Å². The predicted octanol–water partition coefficient (Wildman–Crippen LogP) is 4.64. The Hall–Kier alpha value is -0.110. The average molecular weight is 415 g/mol. The van der Waals surface area contributed by atoms with Gasteiger partial charge in [0.15, 0.2) is 0 Å². The summed E-state index contributed by atoms with van der Waals surface area (Å²) in [5.41, 5.74) is 0.776. The van der Waals surface area contributed by atoms with Gasteiger partial charge < -0.3 is 0 Å². The fourth-order valence-electron chi connectivity index (χ4n) is 1.59. The van der Waals surface area contributed by atoms with Gasteiger partial charge in [-0.3, -0.25) is 0 Å². The molecule has 0 aliphatic heterocycles. The molecule has 0 aliphatic rings. The maximum atomic E-state index is 12.4. The highest BCUT2D eigenvalue weighted by Crippen LogP contribution is 2.31. The molecule has 0 atom stereocenters. The molecule has 108 valence electrons. The van der Waals surface area contributed by atoms with E-state index in [4.69, 9.17) is 23.2 Å². The lowest BCUT2D eigenvalue weighted by Gasteiger charge is -2.16. The van der Waals surface area contributed by atoms with Crippen LogP contribution in [0.25, 0.3) is 0 Å². The quantitative estimate of drug-likeness (QED) is 0.730. The standard InChI is InChI=1S/C12H10BrCl2NO2S2/c1-16(7-8-2-3-10(14)11(15)6-8)20(17,18)12-9(13)4-5-19-12/h2-6H,7H2,1H3. The molecule has 0 radical (unpaired) electrons. The molecule has 8 heteroatoms. The van der Waals surface area contributed by atoms with E-state index in [0.29, 0.717) is 18.7 Å².